The van der Waals surface area contributed by atoms with Crippen LogP contribution in [0.15, 0.2) is 4.52 Å². The van der Waals surface area contributed by atoms with Crippen LogP contribution < -0.4 is 0 Å². The first kappa shape index (κ1) is 14.0. The van der Waals surface area contributed by atoms with E-state index in [1.165, 1.54) is 0 Å². The second kappa shape index (κ2) is 6.14. The Balaban J connectivity index is 1.89. The topological polar surface area (TPSA) is 79.5 Å². The number of hydrogen-bond acceptors (Lipinski definition) is 5. The minimum Gasteiger partial charge on any atom is -0.481 e. The van der Waals surface area contributed by atoms with E-state index in [0.717, 1.165) is 31.8 Å². The second-order valence-corrected chi connectivity index (χ2v) is 5.54. The number of carboxylic acid groups (broad SMARTS) is 1. The molecule has 0 aliphatic carbocycles. The van der Waals surface area contributed by atoms with Crippen molar-refractivity contribution in [2.75, 3.05) is 13.1 Å². The third-order valence-corrected chi connectivity index (χ3v) is 3.43. The van der Waals surface area contributed by atoms with Crippen LogP contribution in [0, 0.1) is 5.92 Å². The summed E-state index contributed by atoms with van der Waals surface area (Å²) in [5, 5.41) is 12.8. The molecule has 1 N–H and O–H groups in total. The molecular weight excluding hydrogens is 246 g/mol. The highest BCUT2D eigenvalue weighted by Gasteiger charge is 2.23. The average molecular weight is 267 g/mol. The van der Waals surface area contributed by atoms with Crippen molar-refractivity contribution in [2.45, 2.75) is 45.6 Å². The molecule has 0 bridgehead atoms. The second-order valence-electron chi connectivity index (χ2n) is 5.54. The van der Waals surface area contributed by atoms with Gasteiger partial charge in [-0.15, -0.1) is 0 Å². The van der Waals surface area contributed by atoms with E-state index in [1.54, 1.807) is 0 Å². The third-order valence-electron chi connectivity index (χ3n) is 3.43. The fourth-order valence-electron chi connectivity index (χ4n) is 2.47. The predicted molar refractivity (Wildman–Crippen MR) is 68.6 cm³/mol. The Morgan fingerprint density at radius 1 is 1.58 bits per heavy atom. The van der Waals surface area contributed by atoms with Crippen LogP contribution in [-0.2, 0) is 11.3 Å². The SMILES string of the molecule is CC(C)c1noc(CN2CCCC(CC(=O)O)C2)n1. The molecule has 1 fully saturated rings. The summed E-state index contributed by atoms with van der Waals surface area (Å²) in [6.45, 7) is 6.44. The zero-order valence-electron chi connectivity index (χ0n) is 11.5. The van der Waals surface area contributed by atoms with Crippen molar-refractivity contribution in [1.29, 1.82) is 0 Å². The van der Waals surface area contributed by atoms with Gasteiger partial charge in [-0.1, -0.05) is 19.0 Å². The predicted octanol–water partition coefficient (Wildman–Crippen LogP) is 1.88. The lowest BCUT2D eigenvalue weighted by Crippen LogP contribution is -2.35. The molecule has 1 aromatic heterocycles. The molecular formula is C13H21N3O3. The van der Waals surface area contributed by atoms with Gasteiger partial charge in [-0.3, -0.25) is 9.69 Å². The molecule has 106 valence electrons. The van der Waals surface area contributed by atoms with Crippen LogP contribution >= 0.6 is 0 Å². The Labute approximate surface area is 112 Å². The van der Waals surface area contributed by atoms with Crippen LogP contribution in [0.5, 0.6) is 0 Å². The molecule has 0 amide bonds. The van der Waals surface area contributed by atoms with Crippen LogP contribution in [0.1, 0.15) is 50.7 Å². The van der Waals surface area contributed by atoms with Gasteiger partial charge in [-0.25, -0.2) is 0 Å². The Kier molecular flexibility index (Phi) is 4.52. The first-order valence-electron chi connectivity index (χ1n) is 6.81. The highest BCUT2D eigenvalue weighted by atomic mass is 16.5. The molecule has 0 spiro atoms. The number of carboxylic acids is 1. The summed E-state index contributed by atoms with van der Waals surface area (Å²) >= 11 is 0. The molecule has 1 unspecified atom stereocenters. The van der Waals surface area contributed by atoms with Crippen molar-refractivity contribution >= 4 is 5.97 Å². The molecule has 1 aromatic rings. The van der Waals surface area contributed by atoms with E-state index in [9.17, 15) is 4.79 Å². The van der Waals surface area contributed by atoms with Gasteiger partial charge < -0.3 is 9.63 Å². The molecule has 6 nitrogen and oxygen atoms in total. The lowest BCUT2D eigenvalue weighted by atomic mass is 9.95. The van der Waals surface area contributed by atoms with Gasteiger partial charge in [0.15, 0.2) is 5.82 Å². The van der Waals surface area contributed by atoms with E-state index >= 15 is 0 Å². The van der Waals surface area contributed by atoms with E-state index in [1.807, 2.05) is 13.8 Å². The van der Waals surface area contributed by atoms with E-state index in [4.69, 9.17) is 9.63 Å². The van der Waals surface area contributed by atoms with Crippen LogP contribution in [0.25, 0.3) is 0 Å². The molecule has 6 heteroatoms. The van der Waals surface area contributed by atoms with E-state index in [-0.39, 0.29) is 18.3 Å². The summed E-state index contributed by atoms with van der Waals surface area (Å²) < 4.78 is 5.23. The zero-order valence-corrected chi connectivity index (χ0v) is 11.5. The Morgan fingerprint density at radius 2 is 2.37 bits per heavy atom. The van der Waals surface area contributed by atoms with Crippen molar-refractivity contribution in [3.63, 3.8) is 0 Å². The van der Waals surface area contributed by atoms with Crippen molar-refractivity contribution in [1.82, 2.24) is 15.0 Å². The molecule has 1 saturated heterocycles. The molecule has 1 atom stereocenters. The molecule has 19 heavy (non-hydrogen) atoms. The normalized spacial score (nSPS) is 20.9. The van der Waals surface area contributed by atoms with Crippen LogP contribution in [0.3, 0.4) is 0 Å². The first-order valence-corrected chi connectivity index (χ1v) is 6.81. The quantitative estimate of drug-likeness (QED) is 0.877. The van der Waals surface area contributed by atoms with Gasteiger partial charge in [0, 0.05) is 18.9 Å². The van der Waals surface area contributed by atoms with E-state index in [0.29, 0.717) is 12.4 Å². The van der Waals surface area contributed by atoms with Gasteiger partial charge in [-0.05, 0) is 25.3 Å². The van der Waals surface area contributed by atoms with Gasteiger partial charge >= 0.3 is 5.97 Å². The molecule has 1 aliphatic rings. The van der Waals surface area contributed by atoms with Crippen LogP contribution in [-0.4, -0.2) is 39.2 Å². The molecule has 2 rings (SSSR count). The fraction of sp³-hybridized carbons (Fsp3) is 0.769. The van der Waals surface area contributed by atoms with Gasteiger partial charge in [0.05, 0.1) is 6.54 Å². The highest BCUT2D eigenvalue weighted by molar-refractivity contribution is 5.67. The summed E-state index contributed by atoms with van der Waals surface area (Å²) in [5.41, 5.74) is 0. The number of aliphatic carboxylic acids is 1. The van der Waals surface area contributed by atoms with E-state index < -0.39 is 5.97 Å². The molecule has 1 aliphatic heterocycles. The maximum atomic E-state index is 10.8. The van der Waals surface area contributed by atoms with Crippen LogP contribution in [0.4, 0.5) is 0 Å². The van der Waals surface area contributed by atoms with E-state index in [2.05, 4.69) is 15.0 Å². The number of aromatic nitrogens is 2. The van der Waals surface area contributed by atoms with Crippen molar-refractivity contribution < 1.29 is 14.4 Å². The van der Waals surface area contributed by atoms with Crippen molar-refractivity contribution in [2.24, 2.45) is 5.92 Å². The standard InChI is InChI=1S/C13H21N3O3/c1-9(2)13-14-11(19-15-13)8-16-5-3-4-10(7-16)6-12(17)18/h9-10H,3-8H2,1-2H3,(H,17,18). The third kappa shape index (κ3) is 4.02. The smallest absolute Gasteiger partial charge is 0.303 e. The number of carbonyl (C=O) groups is 1. The zero-order chi connectivity index (χ0) is 13.8. The number of likely N-dealkylation sites (tertiary alicyclic amines) is 1. The molecule has 0 saturated carbocycles. The van der Waals surface area contributed by atoms with Crippen molar-refractivity contribution in [3.8, 4) is 0 Å². The number of nitrogens with zero attached hydrogens (tertiary/aromatic N) is 3. The average Bonchev–Trinajstić information content (AvgIpc) is 2.77. The summed E-state index contributed by atoms with van der Waals surface area (Å²) in [4.78, 5) is 17.3. The minimum absolute atomic E-state index is 0.235. The Bertz CT molecular complexity index is 431. The Morgan fingerprint density at radius 3 is 3.00 bits per heavy atom. The first-order chi connectivity index (χ1) is 9.04. The molecule has 2 heterocycles. The monoisotopic (exact) mass is 267 g/mol. The summed E-state index contributed by atoms with van der Waals surface area (Å²) in [6.07, 6.45) is 2.27. The van der Waals surface area contributed by atoms with Gasteiger partial charge in [0.2, 0.25) is 5.89 Å². The van der Waals surface area contributed by atoms with Gasteiger partial charge in [0.1, 0.15) is 0 Å². The maximum absolute atomic E-state index is 10.8. The minimum atomic E-state index is -0.716. The number of rotatable bonds is 5. The maximum Gasteiger partial charge on any atom is 0.303 e. The highest BCUT2D eigenvalue weighted by Crippen LogP contribution is 2.21. The molecule has 0 aromatic carbocycles. The van der Waals surface area contributed by atoms with Gasteiger partial charge in [0.25, 0.3) is 0 Å². The Hall–Kier alpha value is -1.43. The fourth-order valence-corrected chi connectivity index (χ4v) is 2.47. The summed E-state index contributed by atoms with van der Waals surface area (Å²) in [5.74, 6) is 1.14. The lowest BCUT2D eigenvalue weighted by molar-refractivity contribution is -0.138. The lowest BCUT2D eigenvalue weighted by Gasteiger charge is -2.30. The summed E-state index contributed by atoms with van der Waals surface area (Å²) in [7, 11) is 0. The van der Waals surface area contributed by atoms with Gasteiger partial charge in [-0.2, -0.15) is 4.98 Å². The van der Waals surface area contributed by atoms with Crippen LogP contribution in [0.2, 0.25) is 0 Å². The number of piperidine rings is 1. The summed E-state index contributed by atoms with van der Waals surface area (Å²) in [6, 6.07) is 0. The number of hydrogen-bond donors (Lipinski definition) is 1. The largest absolute Gasteiger partial charge is 0.481 e. The van der Waals surface area contributed by atoms with Crippen molar-refractivity contribution in [3.05, 3.63) is 11.7 Å². The molecule has 0 radical (unpaired) electrons.